The van der Waals surface area contributed by atoms with Gasteiger partial charge in [0.25, 0.3) is 11.8 Å². The number of aliphatic hydroxyl groups excluding tert-OH is 1. The molecule has 3 atom stereocenters. The molecule has 3 aliphatic rings. The van der Waals surface area contributed by atoms with Gasteiger partial charge in [0.05, 0.1) is 39.8 Å². The van der Waals surface area contributed by atoms with Crippen molar-refractivity contribution in [3.05, 3.63) is 59.7 Å². The van der Waals surface area contributed by atoms with E-state index in [1.54, 1.807) is 6.92 Å². The average Bonchev–Trinajstić information content (AvgIpc) is 3.50. The monoisotopic (exact) mass is 469 g/mol. The van der Waals surface area contributed by atoms with Gasteiger partial charge in [-0.3, -0.25) is 14.8 Å². The van der Waals surface area contributed by atoms with E-state index in [1.807, 2.05) is 57.7 Å². The number of nitrogens with zero attached hydrogens (tertiary/aromatic N) is 3. The summed E-state index contributed by atoms with van der Waals surface area (Å²) in [6.07, 6.45) is -0.519. The molecule has 5 heterocycles. The molecule has 3 aliphatic heterocycles. The van der Waals surface area contributed by atoms with Gasteiger partial charge in [0.2, 0.25) is 0 Å². The summed E-state index contributed by atoms with van der Waals surface area (Å²) in [4.78, 5) is 26.6. The van der Waals surface area contributed by atoms with E-state index in [0.717, 1.165) is 10.9 Å². The number of fused-ring (bicyclic) bond motifs is 13. The van der Waals surface area contributed by atoms with Crippen LogP contribution in [0.3, 0.4) is 0 Å². The fourth-order valence-electron chi connectivity index (χ4n) is 6.70. The molecule has 1 fully saturated rings. The van der Waals surface area contributed by atoms with Gasteiger partial charge in [-0.15, -0.1) is 5.06 Å². The second kappa shape index (κ2) is 5.72. The molecular formula is C26H19N3O6. The van der Waals surface area contributed by atoms with Gasteiger partial charge in [-0.2, -0.15) is 0 Å². The maximum absolute atomic E-state index is 13.3. The molecule has 8 rings (SSSR count). The van der Waals surface area contributed by atoms with Gasteiger partial charge in [0.1, 0.15) is 11.8 Å². The van der Waals surface area contributed by atoms with Crippen LogP contribution in [-0.2, 0) is 10.5 Å². The smallest absolute Gasteiger partial charge is 0.286 e. The van der Waals surface area contributed by atoms with Crippen LogP contribution in [0.4, 0.5) is 0 Å². The number of hydrogen-bond acceptors (Lipinski definition) is 6. The van der Waals surface area contributed by atoms with E-state index in [9.17, 15) is 25.0 Å². The number of aromatic nitrogens is 2. The quantitative estimate of drug-likeness (QED) is 0.256. The Morgan fingerprint density at radius 3 is 2.17 bits per heavy atom. The van der Waals surface area contributed by atoms with Crippen molar-refractivity contribution in [1.82, 2.24) is 14.2 Å². The first kappa shape index (κ1) is 19.5. The largest absolute Gasteiger partial charge is 0.393 e. The first-order chi connectivity index (χ1) is 16.8. The zero-order chi connectivity index (χ0) is 24.0. The van der Waals surface area contributed by atoms with Crippen LogP contribution in [0.25, 0.3) is 43.6 Å². The number of amides is 2. The van der Waals surface area contributed by atoms with Gasteiger partial charge < -0.3 is 24.1 Å². The maximum atomic E-state index is 13.3. The zero-order valence-corrected chi connectivity index (χ0v) is 18.5. The highest BCUT2D eigenvalue weighted by molar-refractivity contribution is 6.39. The number of carbonyl (C=O) groups excluding carboxylic acids is 2. The second-order valence-corrected chi connectivity index (χ2v) is 9.81. The average molecular weight is 469 g/mol. The summed E-state index contributed by atoms with van der Waals surface area (Å²) in [6, 6.07) is 14.9. The van der Waals surface area contributed by atoms with Gasteiger partial charge >= 0.3 is 0 Å². The minimum absolute atomic E-state index is 0.122. The van der Waals surface area contributed by atoms with Crippen molar-refractivity contribution in [2.45, 2.75) is 30.9 Å². The molecule has 35 heavy (non-hydrogen) atoms. The minimum Gasteiger partial charge on any atom is -0.393 e. The lowest BCUT2D eigenvalue weighted by molar-refractivity contribution is -0.189. The van der Waals surface area contributed by atoms with E-state index < -0.39 is 36.0 Å². The highest BCUT2D eigenvalue weighted by atomic mass is 16.6. The lowest BCUT2D eigenvalue weighted by Gasteiger charge is -2.38. The van der Waals surface area contributed by atoms with Crippen LogP contribution >= 0.6 is 0 Å². The van der Waals surface area contributed by atoms with Crippen LogP contribution in [-0.4, -0.2) is 53.6 Å². The number of ether oxygens (including phenoxy) is 1. The Balaban J connectivity index is 1.78. The third-order valence-corrected chi connectivity index (χ3v) is 8.29. The van der Waals surface area contributed by atoms with E-state index in [-0.39, 0.29) is 22.6 Å². The van der Waals surface area contributed by atoms with Crippen molar-refractivity contribution < 1.29 is 29.7 Å². The highest BCUT2D eigenvalue weighted by Crippen LogP contribution is 2.57. The van der Waals surface area contributed by atoms with Crippen LogP contribution in [0.15, 0.2) is 48.5 Å². The number of rotatable bonds is 1. The summed E-state index contributed by atoms with van der Waals surface area (Å²) in [5, 5.41) is 35.2. The highest BCUT2D eigenvalue weighted by Gasteiger charge is 2.61. The third kappa shape index (κ3) is 1.85. The number of hydroxylamine groups is 2. The summed E-state index contributed by atoms with van der Waals surface area (Å²) < 4.78 is 10.4. The van der Waals surface area contributed by atoms with Crippen molar-refractivity contribution in [2.75, 3.05) is 6.61 Å². The maximum Gasteiger partial charge on any atom is 0.286 e. The van der Waals surface area contributed by atoms with Gasteiger partial charge in [-0.25, -0.2) is 0 Å². The van der Waals surface area contributed by atoms with Gasteiger partial charge in [0.15, 0.2) is 5.72 Å². The van der Waals surface area contributed by atoms with Crippen LogP contribution in [0, 0.1) is 0 Å². The summed E-state index contributed by atoms with van der Waals surface area (Å²) >= 11 is 0. The molecule has 9 nitrogen and oxygen atoms in total. The lowest BCUT2D eigenvalue weighted by atomic mass is 9.89. The Kier molecular flexibility index (Phi) is 3.19. The number of imide groups is 1. The molecule has 2 bridgehead atoms. The molecule has 0 spiro atoms. The summed E-state index contributed by atoms with van der Waals surface area (Å²) in [6.45, 7) is 1.21. The first-order valence-corrected chi connectivity index (χ1v) is 11.4. The van der Waals surface area contributed by atoms with Gasteiger partial charge in [0, 0.05) is 28.0 Å². The number of benzene rings is 3. The number of carbonyl (C=O) groups is 2. The van der Waals surface area contributed by atoms with Crippen LogP contribution in [0.2, 0.25) is 0 Å². The first-order valence-electron chi connectivity index (χ1n) is 11.4. The fraction of sp³-hybridized carbons (Fsp3) is 0.231. The molecule has 174 valence electrons. The Morgan fingerprint density at radius 1 is 0.943 bits per heavy atom. The predicted molar refractivity (Wildman–Crippen MR) is 125 cm³/mol. The summed E-state index contributed by atoms with van der Waals surface area (Å²) in [7, 11) is 0. The molecule has 2 aromatic heterocycles. The Labute approximate surface area is 196 Å². The molecule has 0 aliphatic carbocycles. The van der Waals surface area contributed by atoms with Gasteiger partial charge in [-0.1, -0.05) is 36.4 Å². The molecule has 0 unspecified atom stereocenters. The molecule has 5 aromatic rings. The Hall–Kier alpha value is -3.76. The van der Waals surface area contributed by atoms with Crippen molar-refractivity contribution in [3.63, 3.8) is 0 Å². The molecule has 1 saturated heterocycles. The zero-order valence-electron chi connectivity index (χ0n) is 18.5. The van der Waals surface area contributed by atoms with E-state index in [0.29, 0.717) is 32.7 Å². The molecule has 3 aromatic carbocycles. The topological polar surface area (TPSA) is 117 Å². The summed E-state index contributed by atoms with van der Waals surface area (Å²) in [5.41, 5.74) is 0.0589. The molecule has 3 N–H and O–H groups in total. The number of aliphatic hydroxyl groups is 2. The molecule has 2 amide bonds. The fourth-order valence-corrected chi connectivity index (χ4v) is 6.70. The van der Waals surface area contributed by atoms with Crippen molar-refractivity contribution in [2.24, 2.45) is 0 Å². The van der Waals surface area contributed by atoms with E-state index in [2.05, 4.69) is 0 Å². The lowest BCUT2D eigenvalue weighted by Crippen LogP contribution is -2.53. The van der Waals surface area contributed by atoms with Crippen molar-refractivity contribution in [3.8, 4) is 0 Å². The van der Waals surface area contributed by atoms with Crippen molar-refractivity contribution >= 4 is 55.4 Å². The number of hydrogen-bond donors (Lipinski definition) is 3. The van der Waals surface area contributed by atoms with E-state index in [1.165, 1.54) is 0 Å². The Bertz CT molecular complexity index is 1850. The molecule has 0 saturated carbocycles. The van der Waals surface area contributed by atoms with Gasteiger partial charge in [-0.05, 0) is 19.1 Å². The third-order valence-electron chi connectivity index (χ3n) is 8.29. The second-order valence-electron chi connectivity index (χ2n) is 9.81. The van der Waals surface area contributed by atoms with E-state index >= 15 is 0 Å². The molecule has 0 radical (unpaired) electrons. The van der Waals surface area contributed by atoms with Crippen molar-refractivity contribution in [1.29, 1.82) is 0 Å². The molecule has 9 heteroatoms. The van der Waals surface area contributed by atoms with E-state index in [4.69, 9.17) is 4.74 Å². The predicted octanol–water partition coefficient (Wildman–Crippen LogP) is 3.22. The van der Waals surface area contributed by atoms with Crippen LogP contribution in [0.5, 0.6) is 0 Å². The summed E-state index contributed by atoms with van der Waals surface area (Å²) in [5.74, 6) is -1.55. The minimum atomic E-state index is -1.62. The Morgan fingerprint density at radius 2 is 1.51 bits per heavy atom. The van der Waals surface area contributed by atoms with Crippen LogP contribution < -0.4 is 0 Å². The molecular weight excluding hydrogens is 450 g/mol. The normalized spacial score (nSPS) is 27.3. The number of para-hydroxylation sites is 2. The van der Waals surface area contributed by atoms with Crippen LogP contribution in [0.1, 0.15) is 40.3 Å². The SMILES string of the molecule is C[C@]12O[C@@H](C[C@]1(O)CO)n1c3ccccc3c3c4c(c5c6ccccc6n2c5c31)C(=O)N(O)C4=O. The standard InChI is InChI=1S/C26H19N3O6/c1-25-26(33,11-30)10-16(35-25)27-14-8-4-2-6-12(14)17-19-20(24(32)29(34)23(19)31)18-13-7-3-5-9-15(13)28(25)22(18)21(17)27/h2-9,16,30,33-34H,10-11H2,1H3/t16-,25-,26-/m0/s1.